The lowest BCUT2D eigenvalue weighted by atomic mass is 10.3. The predicted octanol–water partition coefficient (Wildman–Crippen LogP) is 3.36. The standard InChI is InChI=1S/C10H6BrFN2O4S2/c11-7-3-4-19-10(7)20(17,18)13-6-1-2-8(12)9(5-6)14(15)16/h1-5,13H. The van der Waals surface area contributed by atoms with Crippen molar-refractivity contribution >= 4 is 48.7 Å². The van der Waals surface area contributed by atoms with E-state index in [-0.39, 0.29) is 9.90 Å². The molecule has 0 atom stereocenters. The van der Waals surface area contributed by atoms with Crippen molar-refractivity contribution in [2.45, 2.75) is 4.21 Å². The Kier molecular flexibility index (Phi) is 4.06. The third-order valence-electron chi connectivity index (χ3n) is 2.22. The lowest BCUT2D eigenvalue weighted by Crippen LogP contribution is -2.12. The van der Waals surface area contributed by atoms with Crippen molar-refractivity contribution < 1.29 is 17.7 Å². The number of anilines is 1. The van der Waals surface area contributed by atoms with Gasteiger partial charge in [0.1, 0.15) is 0 Å². The van der Waals surface area contributed by atoms with E-state index >= 15 is 0 Å². The molecule has 1 aromatic carbocycles. The lowest BCUT2D eigenvalue weighted by Gasteiger charge is -2.06. The van der Waals surface area contributed by atoms with Gasteiger partial charge in [0.05, 0.1) is 10.6 Å². The molecule has 2 rings (SSSR count). The van der Waals surface area contributed by atoms with Crippen molar-refractivity contribution in [1.82, 2.24) is 0 Å². The molecule has 0 aliphatic rings. The largest absolute Gasteiger partial charge is 0.306 e. The van der Waals surface area contributed by atoms with E-state index in [0.29, 0.717) is 4.47 Å². The SMILES string of the molecule is O=[N+]([O-])c1cc(NS(=O)(=O)c2sccc2Br)ccc1F. The van der Waals surface area contributed by atoms with E-state index in [0.717, 1.165) is 29.5 Å². The highest BCUT2D eigenvalue weighted by Crippen LogP contribution is 2.30. The number of hydrogen-bond acceptors (Lipinski definition) is 5. The van der Waals surface area contributed by atoms with Gasteiger partial charge in [-0.05, 0) is 39.5 Å². The van der Waals surface area contributed by atoms with Crippen LogP contribution in [0.2, 0.25) is 0 Å². The van der Waals surface area contributed by atoms with Crippen molar-refractivity contribution in [3.63, 3.8) is 0 Å². The van der Waals surface area contributed by atoms with Gasteiger partial charge in [-0.3, -0.25) is 14.8 Å². The average molecular weight is 381 g/mol. The van der Waals surface area contributed by atoms with Crippen LogP contribution in [0.25, 0.3) is 0 Å². The summed E-state index contributed by atoms with van der Waals surface area (Å²) in [6.07, 6.45) is 0. The van der Waals surface area contributed by atoms with Crippen LogP contribution in [0.1, 0.15) is 0 Å². The molecule has 0 saturated heterocycles. The Morgan fingerprint density at radius 1 is 1.35 bits per heavy atom. The van der Waals surface area contributed by atoms with E-state index in [9.17, 15) is 22.9 Å². The summed E-state index contributed by atoms with van der Waals surface area (Å²) in [6, 6.07) is 4.33. The third-order valence-corrected chi connectivity index (χ3v) is 6.27. The first-order valence-corrected chi connectivity index (χ1v) is 8.16. The number of nitrogens with zero attached hydrogens (tertiary/aromatic N) is 1. The highest BCUT2D eigenvalue weighted by molar-refractivity contribution is 9.10. The predicted molar refractivity (Wildman–Crippen MR) is 75.9 cm³/mol. The fraction of sp³-hybridized carbons (Fsp3) is 0. The monoisotopic (exact) mass is 380 g/mol. The smallest absolute Gasteiger partial charge is 0.279 e. The molecule has 1 heterocycles. The molecule has 0 saturated carbocycles. The van der Waals surface area contributed by atoms with Crippen LogP contribution in [0.4, 0.5) is 15.8 Å². The van der Waals surface area contributed by atoms with Gasteiger partial charge in [-0.25, -0.2) is 8.42 Å². The van der Waals surface area contributed by atoms with Crippen molar-refractivity contribution in [3.05, 3.63) is 50.0 Å². The zero-order valence-electron chi connectivity index (χ0n) is 9.54. The van der Waals surface area contributed by atoms with Gasteiger partial charge >= 0.3 is 5.69 Å². The maximum Gasteiger partial charge on any atom is 0.306 e. The number of nitro groups is 1. The van der Waals surface area contributed by atoms with E-state index in [4.69, 9.17) is 0 Å². The van der Waals surface area contributed by atoms with Crippen LogP contribution in [0, 0.1) is 15.9 Å². The first-order valence-electron chi connectivity index (χ1n) is 5.01. The van der Waals surface area contributed by atoms with Crippen LogP contribution in [0.3, 0.4) is 0 Å². The highest BCUT2D eigenvalue weighted by atomic mass is 79.9. The number of rotatable bonds is 4. The molecule has 0 spiro atoms. The Balaban J connectivity index is 2.38. The molecule has 0 radical (unpaired) electrons. The molecule has 1 aromatic heterocycles. The summed E-state index contributed by atoms with van der Waals surface area (Å²) in [5.41, 5.74) is -0.881. The van der Waals surface area contributed by atoms with E-state index in [1.807, 2.05) is 0 Å². The number of benzene rings is 1. The first-order chi connectivity index (χ1) is 9.31. The van der Waals surface area contributed by atoms with E-state index in [1.54, 1.807) is 11.4 Å². The first kappa shape index (κ1) is 14.9. The quantitative estimate of drug-likeness (QED) is 0.650. The molecule has 1 N–H and O–H groups in total. The van der Waals surface area contributed by atoms with Gasteiger partial charge < -0.3 is 0 Å². The van der Waals surface area contributed by atoms with Crippen molar-refractivity contribution in [2.24, 2.45) is 0 Å². The number of nitrogens with one attached hydrogen (secondary N) is 1. The fourth-order valence-corrected chi connectivity index (χ4v) is 4.78. The summed E-state index contributed by atoms with van der Waals surface area (Å²) >= 11 is 4.07. The zero-order chi connectivity index (χ0) is 14.9. The molecule has 0 aliphatic heterocycles. The van der Waals surface area contributed by atoms with Gasteiger partial charge in [0, 0.05) is 10.5 Å². The number of hydrogen-bond donors (Lipinski definition) is 1. The molecule has 0 amide bonds. The number of nitro benzene ring substituents is 1. The second-order valence-corrected chi connectivity index (χ2v) is 7.23. The number of thiophene rings is 1. The van der Waals surface area contributed by atoms with Gasteiger partial charge in [-0.15, -0.1) is 11.3 Å². The van der Waals surface area contributed by atoms with Gasteiger partial charge in [0.2, 0.25) is 5.82 Å². The van der Waals surface area contributed by atoms with Crippen LogP contribution in [0.5, 0.6) is 0 Å². The summed E-state index contributed by atoms with van der Waals surface area (Å²) in [6.45, 7) is 0. The minimum Gasteiger partial charge on any atom is -0.279 e. The summed E-state index contributed by atoms with van der Waals surface area (Å²) < 4.78 is 39.9. The number of sulfonamides is 1. The van der Waals surface area contributed by atoms with Crippen LogP contribution in [-0.2, 0) is 10.0 Å². The molecule has 0 aliphatic carbocycles. The Bertz CT molecular complexity index is 775. The van der Waals surface area contributed by atoms with Crippen LogP contribution < -0.4 is 4.72 Å². The molecule has 106 valence electrons. The maximum absolute atomic E-state index is 13.2. The molecular formula is C10H6BrFN2O4S2. The molecule has 2 aromatic rings. The van der Waals surface area contributed by atoms with Crippen LogP contribution in [-0.4, -0.2) is 13.3 Å². The Morgan fingerprint density at radius 2 is 2.05 bits per heavy atom. The zero-order valence-corrected chi connectivity index (χ0v) is 12.8. The Morgan fingerprint density at radius 3 is 2.60 bits per heavy atom. The topological polar surface area (TPSA) is 89.3 Å². The lowest BCUT2D eigenvalue weighted by molar-refractivity contribution is -0.387. The van der Waals surface area contributed by atoms with Crippen LogP contribution >= 0.6 is 27.3 Å². The summed E-state index contributed by atoms with van der Waals surface area (Å²) in [4.78, 5) is 9.68. The molecule has 0 unspecified atom stereocenters. The minimum atomic E-state index is -3.88. The molecule has 10 heteroatoms. The highest BCUT2D eigenvalue weighted by Gasteiger charge is 2.21. The van der Waals surface area contributed by atoms with E-state index < -0.39 is 26.5 Å². The average Bonchev–Trinajstić information content (AvgIpc) is 2.78. The molecule has 0 fully saturated rings. The fourth-order valence-electron chi connectivity index (χ4n) is 1.39. The maximum atomic E-state index is 13.2. The molecule has 6 nitrogen and oxygen atoms in total. The Hall–Kier alpha value is -1.52. The van der Waals surface area contributed by atoms with Crippen molar-refractivity contribution in [3.8, 4) is 0 Å². The normalized spacial score (nSPS) is 11.3. The van der Waals surface area contributed by atoms with Gasteiger partial charge in [0.25, 0.3) is 10.0 Å². The van der Waals surface area contributed by atoms with Gasteiger partial charge in [0.15, 0.2) is 4.21 Å². The van der Waals surface area contributed by atoms with Crippen molar-refractivity contribution in [1.29, 1.82) is 0 Å². The molecule has 20 heavy (non-hydrogen) atoms. The van der Waals surface area contributed by atoms with Crippen LogP contribution in [0.15, 0.2) is 38.3 Å². The summed E-state index contributed by atoms with van der Waals surface area (Å²) in [5.74, 6) is -1.03. The summed E-state index contributed by atoms with van der Waals surface area (Å²) in [5, 5.41) is 12.2. The summed E-state index contributed by atoms with van der Waals surface area (Å²) in [7, 11) is -3.88. The van der Waals surface area contributed by atoms with Crippen molar-refractivity contribution in [2.75, 3.05) is 4.72 Å². The second-order valence-electron chi connectivity index (χ2n) is 3.58. The van der Waals surface area contributed by atoms with Gasteiger partial charge in [-0.2, -0.15) is 4.39 Å². The minimum absolute atomic E-state index is 0.0319. The second kappa shape index (κ2) is 5.46. The van der Waals surface area contributed by atoms with Gasteiger partial charge in [-0.1, -0.05) is 0 Å². The number of halogens is 2. The Labute approximate surface area is 125 Å². The molecule has 0 bridgehead atoms. The van der Waals surface area contributed by atoms with E-state index in [2.05, 4.69) is 20.7 Å². The third kappa shape index (κ3) is 2.97. The van der Waals surface area contributed by atoms with E-state index in [1.165, 1.54) is 0 Å². The molecular weight excluding hydrogens is 375 g/mol.